The molecule has 0 saturated carbocycles. The summed E-state index contributed by atoms with van der Waals surface area (Å²) >= 11 is 1.17. The van der Waals surface area contributed by atoms with Gasteiger partial charge in [-0.15, -0.1) is 0 Å². The fourth-order valence-electron chi connectivity index (χ4n) is 0.486. The molecule has 1 aromatic heterocycles. The van der Waals surface area contributed by atoms with E-state index in [0.717, 1.165) is 11.4 Å². The molecular formula is C10H18N2S. The molecule has 1 aromatic rings. The van der Waals surface area contributed by atoms with Crippen molar-refractivity contribution >= 4 is 23.9 Å². The Morgan fingerprint density at radius 2 is 1.23 bits per heavy atom. The van der Waals surface area contributed by atoms with Crippen molar-refractivity contribution in [3.8, 4) is 0 Å². The molecule has 0 unspecified atom stereocenters. The largest absolute Gasteiger partial charge is 0.173 e. The Balaban J connectivity index is 0. The van der Waals surface area contributed by atoms with Crippen LogP contribution in [0.25, 0.3) is 12.2 Å². The third-order valence-electron chi connectivity index (χ3n) is 0.927. The predicted octanol–water partition coefficient (Wildman–Crippen LogP) is 3.88. The van der Waals surface area contributed by atoms with Crippen molar-refractivity contribution < 1.29 is 0 Å². The summed E-state index contributed by atoms with van der Waals surface area (Å²) in [6.07, 6.45) is 3.33. The van der Waals surface area contributed by atoms with Gasteiger partial charge in [0.25, 0.3) is 0 Å². The number of rotatable bonds is 2. The molecular weight excluding hydrogens is 180 g/mol. The van der Waals surface area contributed by atoms with Gasteiger partial charge in [-0.1, -0.05) is 40.9 Å². The lowest BCUT2D eigenvalue weighted by molar-refractivity contribution is 1.44. The summed E-state index contributed by atoms with van der Waals surface area (Å²) in [5.41, 5.74) is 1.63. The fraction of sp³-hybridized carbons (Fsp3) is 0.400. The lowest BCUT2D eigenvalue weighted by atomic mass is 10.3. The Labute approximate surface area is 85.3 Å². The summed E-state index contributed by atoms with van der Waals surface area (Å²) in [4.78, 5) is 0. The van der Waals surface area contributed by atoms with Crippen LogP contribution in [0.3, 0.4) is 0 Å². The summed E-state index contributed by atoms with van der Waals surface area (Å²) < 4.78 is 7.89. The van der Waals surface area contributed by atoms with E-state index in [2.05, 4.69) is 21.9 Å². The molecule has 1 heterocycles. The van der Waals surface area contributed by atoms with Crippen molar-refractivity contribution in [2.24, 2.45) is 0 Å². The van der Waals surface area contributed by atoms with Gasteiger partial charge in [0, 0.05) is 0 Å². The van der Waals surface area contributed by atoms with Gasteiger partial charge < -0.3 is 0 Å². The van der Waals surface area contributed by atoms with Crippen LogP contribution >= 0.6 is 11.7 Å². The molecule has 2 nitrogen and oxygen atoms in total. The Bertz CT molecular complexity index is 206. The van der Waals surface area contributed by atoms with E-state index in [1.807, 2.05) is 27.7 Å². The summed E-state index contributed by atoms with van der Waals surface area (Å²) in [6.45, 7) is 15.1. The summed E-state index contributed by atoms with van der Waals surface area (Å²) in [5, 5.41) is 0. The first-order valence-electron chi connectivity index (χ1n) is 4.46. The average molecular weight is 198 g/mol. The van der Waals surface area contributed by atoms with Crippen LogP contribution in [0.1, 0.15) is 39.1 Å². The highest BCUT2D eigenvalue weighted by Crippen LogP contribution is 2.07. The maximum absolute atomic E-state index is 3.95. The third kappa shape index (κ3) is 5.31. The van der Waals surface area contributed by atoms with E-state index >= 15 is 0 Å². The van der Waals surface area contributed by atoms with Crippen LogP contribution in [-0.2, 0) is 0 Å². The second kappa shape index (κ2) is 11.0. The Hall–Kier alpha value is -0.960. The van der Waals surface area contributed by atoms with E-state index in [-0.39, 0.29) is 0 Å². The molecule has 0 fully saturated rings. The van der Waals surface area contributed by atoms with Crippen LogP contribution in [0.2, 0.25) is 0 Å². The molecule has 13 heavy (non-hydrogen) atoms. The van der Waals surface area contributed by atoms with E-state index in [9.17, 15) is 0 Å². The molecule has 74 valence electrons. The van der Waals surface area contributed by atoms with Gasteiger partial charge in [-0.25, -0.2) is 0 Å². The minimum Gasteiger partial charge on any atom is -0.173 e. The molecule has 0 amide bonds. The zero-order valence-electron chi connectivity index (χ0n) is 8.87. The zero-order chi connectivity index (χ0) is 10.7. The van der Waals surface area contributed by atoms with Gasteiger partial charge in [-0.05, 0) is 12.2 Å². The quantitative estimate of drug-likeness (QED) is 0.720. The molecule has 0 aliphatic rings. The molecule has 0 spiro atoms. The second-order valence-corrected chi connectivity index (χ2v) is 1.97. The molecule has 1 rings (SSSR count). The molecule has 0 saturated heterocycles. The first-order valence-corrected chi connectivity index (χ1v) is 5.19. The predicted molar refractivity (Wildman–Crippen MR) is 62.8 cm³/mol. The minimum absolute atomic E-state index is 0.815. The molecule has 0 N–H and O–H groups in total. The Morgan fingerprint density at radius 1 is 0.923 bits per heavy atom. The number of aromatic nitrogens is 2. The smallest absolute Gasteiger partial charge is 0.104 e. The average Bonchev–Trinajstić information content (AvgIpc) is 2.70. The highest BCUT2D eigenvalue weighted by atomic mass is 32.1. The molecule has 0 aromatic carbocycles. The molecule has 0 aliphatic carbocycles. The van der Waals surface area contributed by atoms with Crippen molar-refractivity contribution in [1.29, 1.82) is 0 Å². The van der Waals surface area contributed by atoms with Crippen molar-refractivity contribution in [1.82, 2.24) is 8.75 Å². The number of hydrogen-bond donors (Lipinski definition) is 0. The summed E-state index contributed by atoms with van der Waals surface area (Å²) in [5.74, 6) is 0. The highest BCUT2D eigenvalue weighted by molar-refractivity contribution is 6.99. The Kier molecular flexibility index (Phi) is 12.4. The topological polar surface area (TPSA) is 25.8 Å². The van der Waals surface area contributed by atoms with Gasteiger partial charge in [-0.3, -0.25) is 0 Å². The number of nitrogens with zero attached hydrogens (tertiary/aromatic N) is 2. The monoisotopic (exact) mass is 198 g/mol. The molecule has 0 aliphatic heterocycles. The van der Waals surface area contributed by atoms with Gasteiger partial charge in [0.15, 0.2) is 0 Å². The molecule has 0 atom stereocenters. The minimum atomic E-state index is 0.815. The van der Waals surface area contributed by atoms with Gasteiger partial charge in [0.2, 0.25) is 0 Å². The zero-order valence-corrected chi connectivity index (χ0v) is 9.69. The molecule has 0 radical (unpaired) electrons. The van der Waals surface area contributed by atoms with Crippen molar-refractivity contribution in [2.45, 2.75) is 27.7 Å². The van der Waals surface area contributed by atoms with E-state index < -0.39 is 0 Å². The second-order valence-electron chi connectivity index (χ2n) is 1.44. The molecule has 0 bridgehead atoms. The first-order chi connectivity index (χ1) is 6.38. The van der Waals surface area contributed by atoms with Crippen LogP contribution in [0.4, 0.5) is 0 Å². The van der Waals surface area contributed by atoms with E-state index in [4.69, 9.17) is 0 Å². The van der Waals surface area contributed by atoms with E-state index in [1.165, 1.54) is 11.7 Å². The molecule has 3 heteroatoms. The first kappa shape index (κ1) is 14.6. The maximum Gasteiger partial charge on any atom is 0.104 e. The fourth-order valence-corrected chi connectivity index (χ4v) is 1.04. The van der Waals surface area contributed by atoms with E-state index in [0.29, 0.717) is 0 Å². The summed E-state index contributed by atoms with van der Waals surface area (Å²) in [7, 11) is 0. The van der Waals surface area contributed by atoms with Gasteiger partial charge in [0.05, 0.1) is 11.7 Å². The SMILES string of the molecule is C=Cc1nsnc1C=C.CC.CC. The summed E-state index contributed by atoms with van der Waals surface area (Å²) in [6, 6.07) is 0. The standard InChI is InChI=1S/C6H6N2S.2C2H6/c1-3-5-6(4-2)8-9-7-5;2*1-2/h3-4H,1-2H2;2*1-2H3. The Morgan fingerprint density at radius 3 is 1.46 bits per heavy atom. The lowest BCUT2D eigenvalue weighted by Crippen LogP contribution is -1.73. The van der Waals surface area contributed by atoms with Crippen molar-refractivity contribution in [3.63, 3.8) is 0 Å². The normalized spacial score (nSPS) is 7.08. The maximum atomic E-state index is 3.95. The van der Waals surface area contributed by atoms with Crippen molar-refractivity contribution in [2.75, 3.05) is 0 Å². The van der Waals surface area contributed by atoms with Gasteiger partial charge >= 0.3 is 0 Å². The van der Waals surface area contributed by atoms with E-state index in [1.54, 1.807) is 12.2 Å². The van der Waals surface area contributed by atoms with Crippen molar-refractivity contribution in [3.05, 3.63) is 24.5 Å². The van der Waals surface area contributed by atoms with Crippen LogP contribution in [-0.4, -0.2) is 8.75 Å². The third-order valence-corrected chi connectivity index (χ3v) is 1.48. The van der Waals surface area contributed by atoms with Crippen LogP contribution in [0, 0.1) is 0 Å². The van der Waals surface area contributed by atoms with Crippen LogP contribution < -0.4 is 0 Å². The lowest BCUT2D eigenvalue weighted by Gasteiger charge is -1.80. The van der Waals surface area contributed by atoms with Gasteiger partial charge in [0.1, 0.15) is 11.4 Å². The van der Waals surface area contributed by atoms with Crippen LogP contribution in [0.5, 0.6) is 0 Å². The van der Waals surface area contributed by atoms with Gasteiger partial charge in [-0.2, -0.15) is 8.75 Å². The highest BCUT2D eigenvalue weighted by Gasteiger charge is 1.96. The number of hydrogen-bond acceptors (Lipinski definition) is 3. The van der Waals surface area contributed by atoms with Crippen LogP contribution in [0.15, 0.2) is 13.2 Å².